The number of hydrogen-bond acceptors (Lipinski definition) is 1. The van der Waals surface area contributed by atoms with Gasteiger partial charge in [-0.05, 0) is 0 Å². The highest BCUT2D eigenvalue weighted by molar-refractivity contribution is 6.45. The van der Waals surface area contributed by atoms with Gasteiger partial charge in [-0.2, -0.15) is 8.45 Å². The van der Waals surface area contributed by atoms with E-state index in [4.69, 9.17) is 35.3 Å². The molecule has 0 atom stereocenters. The summed E-state index contributed by atoms with van der Waals surface area (Å²) in [6.45, 7) is 0. The second-order valence-corrected chi connectivity index (χ2v) is 3.03. The molecule has 0 heterocycles. The highest BCUT2D eigenvalue weighted by Crippen LogP contribution is 2.11. The molecule has 0 radical (unpaired) electrons. The third kappa shape index (κ3) is 2.27. The summed E-state index contributed by atoms with van der Waals surface area (Å²) in [4.78, 5) is 0. The lowest BCUT2D eigenvalue weighted by Gasteiger charge is -2.06. The Bertz CT molecular complexity index is 271. The molecule has 0 saturated carbocycles. The van der Waals surface area contributed by atoms with Crippen molar-refractivity contribution >= 4 is 41.2 Å². The van der Waals surface area contributed by atoms with Crippen LogP contribution in [0.2, 0.25) is 0 Å². The average molecular weight is 223 g/mol. The van der Waals surface area contributed by atoms with E-state index in [9.17, 15) is 0 Å². The molecule has 0 aliphatic heterocycles. The van der Waals surface area contributed by atoms with Gasteiger partial charge in [0.15, 0.2) is 5.84 Å². The van der Waals surface area contributed by atoms with Gasteiger partial charge >= 0.3 is 0 Å². The number of amidine groups is 1. The molecular formula is C7H5Cl3N2. The van der Waals surface area contributed by atoms with Crippen molar-refractivity contribution in [2.24, 2.45) is 4.51 Å². The predicted octanol–water partition coefficient (Wildman–Crippen LogP) is 3.20. The first-order valence-corrected chi connectivity index (χ1v) is 4.13. The molecule has 0 aromatic heterocycles. The molecule has 1 aromatic rings. The van der Waals surface area contributed by atoms with Crippen molar-refractivity contribution in [2.75, 3.05) is 0 Å². The van der Waals surface area contributed by atoms with Gasteiger partial charge in [-0.3, -0.25) is 0 Å². The van der Waals surface area contributed by atoms with Gasteiger partial charge in [0.05, 0.1) is 0 Å². The zero-order chi connectivity index (χ0) is 8.97. The van der Waals surface area contributed by atoms with Gasteiger partial charge in [0, 0.05) is 40.9 Å². The zero-order valence-corrected chi connectivity index (χ0v) is 8.18. The molecule has 12 heavy (non-hydrogen) atoms. The molecular weight excluding hydrogens is 218 g/mol. The number of nitrogens with zero attached hydrogens (tertiary/aromatic N) is 2. The first kappa shape index (κ1) is 9.65. The van der Waals surface area contributed by atoms with E-state index >= 15 is 0 Å². The van der Waals surface area contributed by atoms with Crippen LogP contribution in [-0.4, -0.2) is 9.77 Å². The molecule has 5 heteroatoms. The van der Waals surface area contributed by atoms with E-state index in [1.54, 1.807) is 12.1 Å². The van der Waals surface area contributed by atoms with E-state index in [0.29, 0.717) is 5.84 Å². The maximum absolute atomic E-state index is 5.46. The second kappa shape index (κ2) is 4.55. The van der Waals surface area contributed by atoms with Crippen molar-refractivity contribution in [1.29, 1.82) is 0 Å². The highest BCUT2D eigenvalue weighted by Gasteiger charge is 2.07. The Labute approximate surface area is 85.7 Å². The lowest BCUT2D eigenvalue weighted by Crippen LogP contribution is -2.11. The Morgan fingerprint density at radius 2 is 1.75 bits per heavy atom. The first-order chi connectivity index (χ1) is 5.75. The second-order valence-electron chi connectivity index (χ2n) is 2.01. The van der Waals surface area contributed by atoms with Crippen molar-refractivity contribution in [3.05, 3.63) is 35.9 Å². The molecule has 0 aliphatic rings. The third-order valence-electron chi connectivity index (χ3n) is 1.27. The van der Waals surface area contributed by atoms with Crippen LogP contribution in [0, 0.1) is 0 Å². The first-order valence-electron chi connectivity index (χ1n) is 3.11. The van der Waals surface area contributed by atoms with Crippen LogP contribution in [0.25, 0.3) is 0 Å². The van der Waals surface area contributed by atoms with Gasteiger partial charge in [0.25, 0.3) is 0 Å². The van der Waals surface area contributed by atoms with Crippen LogP contribution in [0.4, 0.5) is 0 Å². The summed E-state index contributed by atoms with van der Waals surface area (Å²) < 4.78 is 4.23. The van der Waals surface area contributed by atoms with Gasteiger partial charge < -0.3 is 0 Å². The van der Waals surface area contributed by atoms with Crippen LogP contribution in [0.5, 0.6) is 0 Å². The van der Waals surface area contributed by atoms with Crippen LogP contribution >= 0.6 is 35.3 Å². The summed E-state index contributed by atoms with van der Waals surface area (Å²) in [7, 11) is 0. The SMILES string of the molecule is Cl/N=C(/c1ccccc1)N(Cl)Cl. The van der Waals surface area contributed by atoms with Gasteiger partial charge in [0.2, 0.25) is 0 Å². The van der Waals surface area contributed by atoms with Crippen molar-refractivity contribution in [2.45, 2.75) is 0 Å². The minimum absolute atomic E-state index is 0.306. The fourth-order valence-corrected chi connectivity index (χ4v) is 1.28. The fourth-order valence-electron chi connectivity index (χ4n) is 0.762. The van der Waals surface area contributed by atoms with Crippen molar-refractivity contribution in [3.63, 3.8) is 0 Å². The monoisotopic (exact) mass is 222 g/mol. The number of hydrogen-bond donors (Lipinski definition) is 0. The fraction of sp³-hybridized carbons (Fsp3) is 0. The Kier molecular flexibility index (Phi) is 3.66. The Hall–Kier alpha value is -0.440. The standard InChI is InChI=1S/C7H5Cl3N2/c8-11-7(12(9)10)6-4-2-1-3-5-6/h1-5H/b11-7-. The summed E-state index contributed by atoms with van der Waals surface area (Å²) in [6, 6.07) is 9.17. The minimum Gasteiger partial charge on any atom is -0.173 e. The summed E-state index contributed by atoms with van der Waals surface area (Å²) in [5.74, 6) is 0.306. The number of rotatable bonds is 1. The molecule has 0 fully saturated rings. The van der Waals surface area contributed by atoms with Gasteiger partial charge in [-0.15, -0.1) is 0 Å². The van der Waals surface area contributed by atoms with E-state index in [1.807, 2.05) is 18.2 Å². The minimum atomic E-state index is 0.306. The number of halogens is 3. The highest BCUT2D eigenvalue weighted by atomic mass is 35.5. The van der Waals surface area contributed by atoms with Gasteiger partial charge in [-0.1, -0.05) is 30.3 Å². The lowest BCUT2D eigenvalue weighted by atomic mass is 10.2. The van der Waals surface area contributed by atoms with E-state index < -0.39 is 0 Å². The molecule has 64 valence electrons. The zero-order valence-electron chi connectivity index (χ0n) is 5.92. The Morgan fingerprint density at radius 3 is 2.17 bits per heavy atom. The molecule has 0 bridgehead atoms. The smallest absolute Gasteiger partial charge is 0.173 e. The van der Waals surface area contributed by atoms with Crippen LogP contribution < -0.4 is 0 Å². The third-order valence-corrected chi connectivity index (χ3v) is 1.75. The average Bonchev–Trinajstić information content (AvgIpc) is 2.07. The van der Waals surface area contributed by atoms with E-state index in [-0.39, 0.29) is 0 Å². The van der Waals surface area contributed by atoms with Crippen molar-refractivity contribution in [3.8, 4) is 0 Å². The summed E-state index contributed by atoms with van der Waals surface area (Å²) >= 11 is 16.2. The van der Waals surface area contributed by atoms with Gasteiger partial charge in [-0.25, -0.2) is 0 Å². The molecule has 0 aliphatic carbocycles. The summed E-state index contributed by atoms with van der Waals surface area (Å²) in [6.07, 6.45) is 0. The molecule has 0 unspecified atom stereocenters. The molecule has 0 spiro atoms. The molecule has 1 aromatic carbocycles. The quantitative estimate of drug-likeness (QED) is 0.406. The van der Waals surface area contributed by atoms with Crippen molar-refractivity contribution in [1.82, 2.24) is 3.94 Å². The Balaban J connectivity index is 2.97. The molecule has 1 rings (SSSR count). The molecule has 0 N–H and O–H groups in total. The maximum atomic E-state index is 5.46. The Morgan fingerprint density at radius 1 is 1.17 bits per heavy atom. The summed E-state index contributed by atoms with van der Waals surface area (Å²) in [5.41, 5.74) is 0.762. The topological polar surface area (TPSA) is 15.6 Å². The number of benzene rings is 1. The van der Waals surface area contributed by atoms with Crippen LogP contribution in [0.1, 0.15) is 5.56 Å². The van der Waals surface area contributed by atoms with E-state index in [1.165, 1.54) is 0 Å². The van der Waals surface area contributed by atoms with Crippen molar-refractivity contribution < 1.29 is 0 Å². The lowest BCUT2D eigenvalue weighted by molar-refractivity contribution is 1.08. The molecule has 0 amide bonds. The van der Waals surface area contributed by atoms with E-state index in [0.717, 1.165) is 9.50 Å². The van der Waals surface area contributed by atoms with E-state index in [2.05, 4.69) is 4.51 Å². The molecule has 2 nitrogen and oxygen atoms in total. The molecule has 0 saturated heterocycles. The van der Waals surface area contributed by atoms with Crippen LogP contribution in [0.15, 0.2) is 34.8 Å². The summed E-state index contributed by atoms with van der Waals surface area (Å²) in [5, 5.41) is 0. The normalized spacial score (nSPS) is 11.4. The predicted molar refractivity (Wildman–Crippen MR) is 52.4 cm³/mol. The maximum Gasteiger partial charge on any atom is 0.180 e. The van der Waals surface area contributed by atoms with Crippen LogP contribution in [0.3, 0.4) is 0 Å². The van der Waals surface area contributed by atoms with Crippen LogP contribution in [-0.2, 0) is 0 Å². The van der Waals surface area contributed by atoms with Gasteiger partial charge in [0.1, 0.15) is 0 Å². The largest absolute Gasteiger partial charge is 0.180 e.